The SMILES string of the molecule is Cc1ccc2nc(N)n(CCCOc3ccccc3)c2n1. The minimum absolute atomic E-state index is 0.503. The smallest absolute Gasteiger partial charge is 0.202 e. The number of aromatic nitrogens is 3. The zero-order valence-corrected chi connectivity index (χ0v) is 12.0. The van der Waals surface area contributed by atoms with Crippen molar-refractivity contribution in [1.29, 1.82) is 0 Å². The average Bonchev–Trinajstić information content (AvgIpc) is 2.80. The van der Waals surface area contributed by atoms with Gasteiger partial charge in [0.25, 0.3) is 0 Å². The Bertz CT molecular complexity index is 737. The number of fused-ring (bicyclic) bond motifs is 1. The Morgan fingerprint density at radius 1 is 1.10 bits per heavy atom. The summed E-state index contributed by atoms with van der Waals surface area (Å²) in [6.07, 6.45) is 0.847. The molecule has 0 bridgehead atoms. The zero-order valence-electron chi connectivity index (χ0n) is 12.0. The predicted molar refractivity (Wildman–Crippen MR) is 83.2 cm³/mol. The van der Waals surface area contributed by atoms with Crippen molar-refractivity contribution in [1.82, 2.24) is 14.5 Å². The van der Waals surface area contributed by atoms with Gasteiger partial charge in [0, 0.05) is 12.2 Å². The Labute approximate surface area is 123 Å². The number of imidazole rings is 1. The van der Waals surface area contributed by atoms with Crippen LogP contribution in [-0.2, 0) is 6.54 Å². The Hall–Kier alpha value is -2.56. The molecule has 2 heterocycles. The lowest BCUT2D eigenvalue weighted by Crippen LogP contribution is -2.08. The van der Waals surface area contributed by atoms with Crippen LogP contribution in [0.3, 0.4) is 0 Å². The fraction of sp³-hybridized carbons (Fsp3) is 0.250. The lowest BCUT2D eigenvalue weighted by atomic mass is 10.3. The van der Waals surface area contributed by atoms with Gasteiger partial charge in [-0.3, -0.25) is 4.57 Å². The van der Waals surface area contributed by atoms with Crippen LogP contribution < -0.4 is 10.5 Å². The summed E-state index contributed by atoms with van der Waals surface area (Å²) in [5.74, 6) is 1.39. The Morgan fingerprint density at radius 2 is 1.90 bits per heavy atom. The van der Waals surface area contributed by atoms with Crippen LogP contribution in [0.4, 0.5) is 5.95 Å². The van der Waals surface area contributed by atoms with E-state index in [0.29, 0.717) is 12.6 Å². The third-order valence-corrected chi connectivity index (χ3v) is 3.30. The van der Waals surface area contributed by atoms with E-state index < -0.39 is 0 Å². The first-order valence-corrected chi connectivity index (χ1v) is 7.01. The van der Waals surface area contributed by atoms with E-state index in [1.807, 2.05) is 54.0 Å². The fourth-order valence-electron chi connectivity index (χ4n) is 2.26. The molecule has 0 saturated carbocycles. The maximum Gasteiger partial charge on any atom is 0.202 e. The number of hydrogen-bond acceptors (Lipinski definition) is 4. The molecule has 0 aliphatic heterocycles. The third-order valence-electron chi connectivity index (χ3n) is 3.30. The van der Waals surface area contributed by atoms with Crippen LogP contribution in [0, 0.1) is 6.92 Å². The van der Waals surface area contributed by atoms with Crippen molar-refractivity contribution in [3.05, 3.63) is 48.2 Å². The largest absolute Gasteiger partial charge is 0.494 e. The van der Waals surface area contributed by atoms with E-state index in [4.69, 9.17) is 10.5 Å². The van der Waals surface area contributed by atoms with Crippen molar-refractivity contribution in [3.63, 3.8) is 0 Å². The van der Waals surface area contributed by atoms with Crippen LogP contribution in [0.25, 0.3) is 11.2 Å². The summed E-state index contributed by atoms with van der Waals surface area (Å²) < 4.78 is 7.63. The first kappa shape index (κ1) is 13.4. The number of anilines is 1. The van der Waals surface area contributed by atoms with Gasteiger partial charge in [-0.15, -0.1) is 0 Å². The first-order chi connectivity index (χ1) is 10.2. The van der Waals surface area contributed by atoms with Crippen LogP contribution in [0.15, 0.2) is 42.5 Å². The molecule has 0 aliphatic carbocycles. The molecular formula is C16H18N4O. The highest BCUT2D eigenvalue weighted by Crippen LogP contribution is 2.17. The second-order valence-corrected chi connectivity index (χ2v) is 4.93. The molecule has 108 valence electrons. The van der Waals surface area contributed by atoms with Crippen LogP contribution in [0.2, 0.25) is 0 Å². The number of para-hydroxylation sites is 1. The molecule has 1 aromatic carbocycles. The van der Waals surface area contributed by atoms with Crippen LogP contribution in [0.1, 0.15) is 12.1 Å². The van der Waals surface area contributed by atoms with Gasteiger partial charge in [0.1, 0.15) is 11.3 Å². The van der Waals surface area contributed by atoms with E-state index in [2.05, 4.69) is 9.97 Å². The monoisotopic (exact) mass is 282 g/mol. The Morgan fingerprint density at radius 3 is 2.71 bits per heavy atom. The first-order valence-electron chi connectivity index (χ1n) is 7.01. The van der Waals surface area contributed by atoms with Crippen molar-refractivity contribution in [2.24, 2.45) is 0 Å². The molecule has 0 radical (unpaired) electrons. The zero-order chi connectivity index (χ0) is 14.7. The maximum atomic E-state index is 5.97. The summed E-state index contributed by atoms with van der Waals surface area (Å²) in [6.45, 7) is 3.34. The molecule has 5 heteroatoms. The van der Waals surface area contributed by atoms with Crippen molar-refractivity contribution >= 4 is 17.1 Å². The van der Waals surface area contributed by atoms with E-state index in [-0.39, 0.29) is 0 Å². The number of benzene rings is 1. The number of pyridine rings is 1. The van der Waals surface area contributed by atoms with E-state index >= 15 is 0 Å². The lowest BCUT2D eigenvalue weighted by molar-refractivity contribution is 0.303. The minimum atomic E-state index is 0.503. The average molecular weight is 282 g/mol. The molecule has 0 fully saturated rings. The summed E-state index contributed by atoms with van der Waals surface area (Å²) in [5, 5.41) is 0. The number of nitrogens with two attached hydrogens (primary N) is 1. The van der Waals surface area contributed by atoms with Crippen molar-refractivity contribution in [2.45, 2.75) is 19.9 Å². The van der Waals surface area contributed by atoms with Gasteiger partial charge < -0.3 is 10.5 Å². The van der Waals surface area contributed by atoms with E-state index in [1.54, 1.807) is 0 Å². The molecule has 0 saturated heterocycles. The summed E-state index contributed by atoms with van der Waals surface area (Å²) in [6, 6.07) is 13.7. The molecule has 3 aromatic rings. The molecule has 0 spiro atoms. The fourth-order valence-corrected chi connectivity index (χ4v) is 2.26. The van der Waals surface area contributed by atoms with Gasteiger partial charge in [-0.2, -0.15) is 0 Å². The molecule has 0 atom stereocenters. The van der Waals surface area contributed by atoms with E-state index in [1.165, 1.54) is 0 Å². The maximum absolute atomic E-state index is 5.97. The van der Waals surface area contributed by atoms with Gasteiger partial charge >= 0.3 is 0 Å². The van der Waals surface area contributed by atoms with E-state index in [9.17, 15) is 0 Å². The summed E-state index contributed by atoms with van der Waals surface area (Å²) in [4.78, 5) is 8.84. The van der Waals surface area contributed by atoms with Gasteiger partial charge in [-0.25, -0.2) is 9.97 Å². The number of aryl methyl sites for hydroxylation is 2. The highest BCUT2D eigenvalue weighted by molar-refractivity contribution is 5.74. The molecular weight excluding hydrogens is 264 g/mol. The van der Waals surface area contributed by atoms with Crippen molar-refractivity contribution < 1.29 is 4.74 Å². The van der Waals surface area contributed by atoms with Crippen molar-refractivity contribution in [3.8, 4) is 5.75 Å². The molecule has 2 N–H and O–H groups in total. The summed E-state index contributed by atoms with van der Waals surface area (Å²) >= 11 is 0. The van der Waals surface area contributed by atoms with E-state index in [0.717, 1.165) is 35.6 Å². The number of ether oxygens (including phenoxy) is 1. The standard InChI is InChI=1S/C16H18N4O/c1-12-8-9-14-15(18-12)20(16(17)19-14)10-5-11-21-13-6-3-2-4-7-13/h2-4,6-9H,5,10-11H2,1H3,(H2,17,19). The molecule has 3 rings (SSSR count). The highest BCUT2D eigenvalue weighted by Gasteiger charge is 2.09. The van der Waals surface area contributed by atoms with Gasteiger partial charge in [0.2, 0.25) is 5.95 Å². The van der Waals surface area contributed by atoms with Crippen LogP contribution in [0.5, 0.6) is 5.75 Å². The molecule has 5 nitrogen and oxygen atoms in total. The summed E-state index contributed by atoms with van der Waals surface area (Å²) in [7, 11) is 0. The topological polar surface area (TPSA) is 66.0 Å². The second-order valence-electron chi connectivity index (χ2n) is 4.93. The van der Waals surface area contributed by atoms with Crippen LogP contribution >= 0.6 is 0 Å². The minimum Gasteiger partial charge on any atom is -0.494 e. The number of rotatable bonds is 5. The number of nitrogens with zero attached hydrogens (tertiary/aromatic N) is 3. The van der Waals surface area contributed by atoms with Gasteiger partial charge in [0.05, 0.1) is 6.61 Å². The molecule has 0 unspecified atom stereocenters. The van der Waals surface area contributed by atoms with Crippen molar-refractivity contribution in [2.75, 3.05) is 12.3 Å². The second kappa shape index (κ2) is 5.83. The quantitative estimate of drug-likeness (QED) is 0.731. The molecule has 0 aliphatic rings. The Kier molecular flexibility index (Phi) is 3.73. The molecule has 21 heavy (non-hydrogen) atoms. The van der Waals surface area contributed by atoms with Crippen LogP contribution in [-0.4, -0.2) is 21.1 Å². The molecule has 0 amide bonds. The van der Waals surface area contributed by atoms with Gasteiger partial charge in [0.15, 0.2) is 5.65 Å². The number of nitrogen functional groups attached to an aromatic ring is 1. The normalized spacial score (nSPS) is 10.9. The predicted octanol–water partition coefficient (Wildman–Crippen LogP) is 2.79. The van der Waals surface area contributed by atoms with Gasteiger partial charge in [-0.1, -0.05) is 18.2 Å². The Balaban J connectivity index is 1.65. The lowest BCUT2D eigenvalue weighted by Gasteiger charge is -2.08. The number of hydrogen-bond donors (Lipinski definition) is 1. The third kappa shape index (κ3) is 2.97. The van der Waals surface area contributed by atoms with Gasteiger partial charge in [-0.05, 0) is 37.6 Å². The summed E-state index contributed by atoms with van der Waals surface area (Å²) in [5.41, 5.74) is 8.61. The molecule has 2 aromatic heterocycles. The highest BCUT2D eigenvalue weighted by atomic mass is 16.5.